The molecule has 1 aliphatic rings. The Kier molecular flexibility index (Phi) is 1.94. The van der Waals surface area contributed by atoms with E-state index >= 15 is 0 Å². The highest BCUT2D eigenvalue weighted by molar-refractivity contribution is 6.05. The van der Waals surface area contributed by atoms with Gasteiger partial charge in [-0.1, -0.05) is 0 Å². The molecule has 4 nitrogen and oxygen atoms in total. The van der Waals surface area contributed by atoms with Crippen molar-refractivity contribution in [3.05, 3.63) is 11.3 Å². The second-order valence-electron chi connectivity index (χ2n) is 2.24. The van der Waals surface area contributed by atoms with E-state index in [-0.39, 0.29) is 30.0 Å². The number of hydrogen-bond acceptors (Lipinski definition) is 3. The van der Waals surface area contributed by atoms with Crippen LogP contribution in [0.15, 0.2) is 11.3 Å². The average molecular weight is 156 g/mol. The van der Waals surface area contributed by atoms with Crippen molar-refractivity contribution < 1.29 is 19.4 Å². The fourth-order valence-electron chi connectivity index (χ4n) is 1.07. The molecular formula is C7H8O4. The zero-order chi connectivity index (χ0) is 8.43. The molecule has 0 aliphatic heterocycles. The van der Waals surface area contributed by atoms with E-state index in [4.69, 9.17) is 5.11 Å². The summed E-state index contributed by atoms with van der Waals surface area (Å²) in [6, 6.07) is 0. The molecule has 0 fully saturated rings. The lowest BCUT2D eigenvalue weighted by atomic mass is 10.2. The molecule has 0 heterocycles. The van der Waals surface area contributed by atoms with Gasteiger partial charge in [-0.05, 0) is 6.42 Å². The minimum atomic E-state index is -1.06. The Balaban J connectivity index is 2.98. The standard InChI is InChI=1S/C7H8O4/c1-11-6-4(7(9)10)2-3-5(6)8/h2-3H2,1H3,(H,9,10). The number of carbonyl (C=O) groups is 2. The Hall–Kier alpha value is -1.32. The highest BCUT2D eigenvalue weighted by Gasteiger charge is 2.28. The van der Waals surface area contributed by atoms with Crippen molar-refractivity contribution in [2.45, 2.75) is 12.8 Å². The van der Waals surface area contributed by atoms with E-state index in [0.29, 0.717) is 0 Å². The molecule has 60 valence electrons. The largest absolute Gasteiger partial charge is 0.492 e. The Labute approximate surface area is 63.5 Å². The maximum Gasteiger partial charge on any atom is 0.335 e. The second-order valence-corrected chi connectivity index (χ2v) is 2.24. The van der Waals surface area contributed by atoms with Gasteiger partial charge in [0.05, 0.1) is 12.7 Å². The fourth-order valence-corrected chi connectivity index (χ4v) is 1.07. The van der Waals surface area contributed by atoms with Gasteiger partial charge in [-0.25, -0.2) is 4.79 Å². The van der Waals surface area contributed by atoms with Crippen molar-refractivity contribution in [2.75, 3.05) is 7.11 Å². The van der Waals surface area contributed by atoms with Gasteiger partial charge in [0.1, 0.15) is 0 Å². The molecule has 0 spiro atoms. The minimum absolute atomic E-state index is 0.0116. The van der Waals surface area contributed by atoms with Crippen LogP contribution in [0.5, 0.6) is 0 Å². The number of carboxylic acids is 1. The molecule has 0 aromatic rings. The third-order valence-electron chi connectivity index (χ3n) is 1.59. The normalized spacial score (nSPS) is 17.4. The van der Waals surface area contributed by atoms with E-state index in [9.17, 15) is 9.59 Å². The Bertz CT molecular complexity index is 239. The third kappa shape index (κ3) is 1.24. The van der Waals surface area contributed by atoms with Crippen LogP contribution >= 0.6 is 0 Å². The van der Waals surface area contributed by atoms with Crippen LogP contribution in [0.2, 0.25) is 0 Å². The lowest BCUT2D eigenvalue weighted by molar-refractivity contribution is -0.133. The van der Waals surface area contributed by atoms with Crippen molar-refractivity contribution in [1.29, 1.82) is 0 Å². The molecule has 0 aromatic carbocycles. The lowest BCUT2D eigenvalue weighted by Crippen LogP contribution is -2.03. The maximum atomic E-state index is 10.9. The molecule has 0 unspecified atom stereocenters. The van der Waals surface area contributed by atoms with Crippen molar-refractivity contribution >= 4 is 11.8 Å². The Morgan fingerprint density at radius 1 is 1.55 bits per heavy atom. The van der Waals surface area contributed by atoms with Crippen LogP contribution in [0.1, 0.15) is 12.8 Å². The monoisotopic (exact) mass is 156 g/mol. The molecule has 1 N–H and O–H groups in total. The van der Waals surface area contributed by atoms with Gasteiger partial charge in [0, 0.05) is 6.42 Å². The summed E-state index contributed by atoms with van der Waals surface area (Å²) < 4.78 is 4.65. The van der Waals surface area contributed by atoms with Gasteiger partial charge in [-0.3, -0.25) is 4.79 Å². The summed E-state index contributed by atoms with van der Waals surface area (Å²) in [7, 11) is 1.31. The van der Waals surface area contributed by atoms with Gasteiger partial charge in [0.2, 0.25) is 0 Å². The van der Waals surface area contributed by atoms with Crippen LogP contribution < -0.4 is 0 Å². The molecule has 1 rings (SSSR count). The van der Waals surface area contributed by atoms with Crippen LogP contribution in [0.25, 0.3) is 0 Å². The molecular weight excluding hydrogens is 148 g/mol. The van der Waals surface area contributed by atoms with E-state index in [1.165, 1.54) is 7.11 Å². The van der Waals surface area contributed by atoms with Crippen LogP contribution in [0.3, 0.4) is 0 Å². The van der Waals surface area contributed by atoms with E-state index in [0.717, 1.165) is 0 Å². The van der Waals surface area contributed by atoms with Crippen molar-refractivity contribution in [1.82, 2.24) is 0 Å². The zero-order valence-corrected chi connectivity index (χ0v) is 6.09. The summed E-state index contributed by atoms with van der Waals surface area (Å²) in [6.45, 7) is 0. The van der Waals surface area contributed by atoms with Crippen LogP contribution in [0, 0.1) is 0 Å². The number of carbonyl (C=O) groups excluding carboxylic acids is 1. The minimum Gasteiger partial charge on any atom is -0.492 e. The number of allylic oxidation sites excluding steroid dienone is 1. The summed E-state index contributed by atoms with van der Waals surface area (Å²) >= 11 is 0. The van der Waals surface area contributed by atoms with Gasteiger partial charge >= 0.3 is 5.97 Å². The number of ether oxygens (including phenoxy) is 1. The number of rotatable bonds is 2. The Morgan fingerprint density at radius 2 is 2.18 bits per heavy atom. The van der Waals surface area contributed by atoms with Crippen LogP contribution in [-0.2, 0) is 14.3 Å². The van der Waals surface area contributed by atoms with Crippen molar-refractivity contribution in [3.63, 3.8) is 0 Å². The first-order valence-electron chi connectivity index (χ1n) is 3.20. The molecule has 1 aliphatic carbocycles. The molecule has 0 atom stereocenters. The predicted molar refractivity (Wildman–Crippen MR) is 35.9 cm³/mol. The predicted octanol–water partition coefficient (Wildman–Crippen LogP) is 0.334. The third-order valence-corrected chi connectivity index (χ3v) is 1.59. The summed E-state index contributed by atoms with van der Waals surface area (Å²) in [5.74, 6) is -1.27. The van der Waals surface area contributed by atoms with E-state index in [2.05, 4.69) is 4.74 Å². The molecule has 4 heteroatoms. The van der Waals surface area contributed by atoms with Gasteiger partial charge in [-0.15, -0.1) is 0 Å². The average Bonchev–Trinajstić information content (AvgIpc) is 2.30. The van der Waals surface area contributed by atoms with Gasteiger partial charge in [0.15, 0.2) is 11.5 Å². The number of Topliss-reactive ketones (excluding diaryl/α,β-unsaturated/α-hetero) is 1. The van der Waals surface area contributed by atoms with E-state index in [1.807, 2.05) is 0 Å². The lowest BCUT2D eigenvalue weighted by Gasteiger charge is -1.98. The smallest absolute Gasteiger partial charge is 0.335 e. The van der Waals surface area contributed by atoms with Gasteiger partial charge in [-0.2, -0.15) is 0 Å². The van der Waals surface area contributed by atoms with Crippen LogP contribution in [-0.4, -0.2) is 24.0 Å². The summed E-state index contributed by atoms with van der Waals surface area (Å²) in [5.41, 5.74) is 0.0949. The molecule has 0 saturated carbocycles. The SMILES string of the molecule is COC1=C(C(=O)O)CCC1=O. The topological polar surface area (TPSA) is 63.6 Å². The first-order chi connectivity index (χ1) is 5.16. The summed E-state index contributed by atoms with van der Waals surface area (Å²) in [4.78, 5) is 21.3. The first-order valence-corrected chi connectivity index (χ1v) is 3.20. The van der Waals surface area contributed by atoms with E-state index in [1.54, 1.807) is 0 Å². The Morgan fingerprint density at radius 3 is 2.55 bits per heavy atom. The first kappa shape index (κ1) is 7.78. The van der Waals surface area contributed by atoms with Gasteiger partial charge in [0.25, 0.3) is 0 Å². The molecule has 11 heavy (non-hydrogen) atoms. The van der Waals surface area contributed by atoms with Gasteiger partial charge < -0.3 is 9.84 Å². The second kappa shape index (κ2) is 2.74. The maximum absolute atomic E-state index is 10.9. The van der Waals surface area contributed by atoms with E-state index < -0.39 is 5.97 Å². The fraction of sp³-hybridized carbons (Fsp3) is 0.429. The van der Waals surface area contributed by atoms with Crippen LogP contribution in [0.4, 0.5) is 0 Å². The molecule has 0 radical (unpaired) electrons. The number of carboxylic acid groups (broad SMARTS) is 1. The number of hydrogen-bond donors (Lipinski definition) is 1. The summed E-state index contributed by atoms with van der Waals surface area (Å²) in [5, 5.41) is 8.54. The summed E-state index contributed by atoms with van der Waals surface area (Å²) in [6.07, 6.45) is 0.544. The molecule has 0 bridgehead atoms. The highest BCUT2D eigenvalue weighted by Crippen LogP contribution is 2.22. The number of ketones is 1. The highest BCUT2D eigenvalue weighted by atomic mass is 16.5. The molecule has 0 amide bonds. The molecule has 0 saturated heterocycles. The van der Waals surface area contributed by atoms with Crippen molar-refractivity contribution in [3.8, 4) is 0 Å². The quantitative estimate of drug-likeness (QED) is 0.625. The zero-order valence-electron chi connectivity index (χ0n) is 6.09. The molecule has 0 aromatic heterocycles. The number of methoxy groups -OCH3 is 1. The number of aliphatic carboxylic acids is 1. The van der Waals surface area contributed by atoms with Crippen molar-refractivity contribution in [2.24, 2.45) is 0 Å².